The van der Waals surface area contributed by atoms with Crippen molar-refractivity contribution in [3.63, 3.8) is 0 Å². The van der Waals surface area contributed by atoms with Gasteiger partial charge in [0, 0.05) is 13.1 Å². The summed E-state index contributed by atoms with van der Waals surface area (Å²) in [4.78, 5) is 12.3. The second kappa shape index (κ2) is 5.97. The van der Waals surface area contributed by atoms with E-state index in [1.807, 2.05) is 0 Å². The topological polar surface area (TPSA) is 56.1 Å². The van der Waals surface area contributed by atoms with Gasteiger partial charge < -0.3 is 10.2 Å². The van der Waals surface area contributed by atoms with Crippen LogP contribution in [0.2, 0.25) is 0 Å². The Hall–Kier alpha value is -0.770. The molecule has 0 aliphatic heterocycles. The van der Waals surface area contributed by atoms with E-state index < -0.39 is 6.03 Å². The highest BCUT2D eigenvalue weighted by molar-refractivity contribution is 5.70. The Morgan fingerprint density at radius 3 is 2.36 bits per heavy atom. The van der Waals surface area contributed by atoms with Crippen molar-refractivity contribution in [2.45, 2.75) is 13.8 Å². The maximum atomic E-state index is 10.1. The van der Waals surface area contributed by atoms with Crippen LogP contribution in [-0.4, -0.2) is 37.1 Å². The zero-order chi connectivity index (χ0) is 8.69. The van der Waals surface area contributed by atoms with Crippen molar-refractivity contribution < 1.29 is 4.79 Å². The van der Waals surface area contributed by atoms with Crippen molar-refractivity contribution in [1.82, 2.24) is 16.0 Å². The summed E-state index contributed by atoms with van der Waals surface area (Å²) in [6.45, 7) is 7.54. The molecule has 0 aromatic rings. The van der Waals surface area contributed by atoms with Crippen LogP contribution >= 0.6 is 0 Å². The zero-order valence-electron chi connectivity index (χ0n) is 7.18. The van der Waals surface area contributed by atoms with Gasteiger partial charge in [0.25, 0.3) is 0 Å². The molecule has 2 amide bonds. The maximum absolute atomic E-state index is 10.1. The van der Waals surface area contributed by atoms with Crippen molar-refractivity contribution in [2.75, 3.05) is 26.2 Å². The summed E-state index contributed by atoms with van der Waals surface area (Å²) in [5, 5.41) is 2.43. The number of amides is 2. The Kier molecular flexibility index (Phi) is 5.56. The quantitative estimate of drug-likeness (QED) is 0.626. The van der Waals surface area contributed by atoms with Crippen LogP contribution in [0, 0.1) is 0 Å². The van der Waals surface area contributed by atoms with Crippen molar-refractivity contribution >= 4 is 6.03 Å². The molecule has 4 heteroatoms. The lowest BCUT2D eigenvalue weighted by Gasteiger charge is -2.17. The number of hydrogen-bond acceptors (Lipinski definition) is 2. The SMILES string of the molecule is CCN(CC)CCNC([NH])=O. The first kappa shape index (κ1) is 10.2. The van der Waals surface area contributed by atoms with Gasteiger partial charge in [-0.3, -0.25) is 0 Å². The van der Waals surface area contributed by atoms with E-state index >= 15 is 0 Å². The van der Waals surface area contributed by atoms with Crippen LogP contribution in [0.4, 0.5) is 4.79 Å². The molecule has 0 heterocycles. The number of carbonyl (C=O) groups excluding carboxylic acids is 1. The second-order valence-electron chi connectivity index (χ2n) is 2.28. The summed E-state index contributed by atoms with van der Waals surface area (Å²) in [6, 6.07) is -0.697. The Morgan fingerprint density at radius 2 is 2.00 bits per heavy atom. The van der Waals surface area contributed by atoms with Gasteiger partial charge in [0.1, 0.15) is 0 Å². The molecule has 0 rings (SSSR count). The molecule has 11 heavy (non-hydrogen) atoms. The molecule has 0 bridgehead atoms. The molecule has 4 nitrogen and oxygen atoms in total. The number of rotatable bonds is 5. The predicted octanol–water partition coefficient (Wildman–Crippen LogP) is 0.321. The van der Waals surface area contributed by atoms with Crippen LogP contribution < -0.4 is 11.1 Å². The second-order valence-corrected chi connectivity index (χ2v) is 2.28. The fourth-order valence-electron chi connectivity index (χ4n) is 0.867. The molecular weight excluding hydrogens is 142 g/mol. The molecule has 0 atom stereocenters. The highest BCUT2D eigenvalue weighted by Crippen LogP contribution is 1.83. The van der Waals surface area contributed by atoms with Crippen molar-refractivity contribution in [1.29, 1.82) is 0 Å². The average Bonchev–Trinajstić information content (AvgIpc) is 1.98. The van der Waals surface area contributed by atoms with E-state index in [-0.39, 0.29) is 0 Å². The molecule has 0 saturated carbocycles. The third-order valence-corrected chi connectivity index (χ3v) is 1.61. The first-order valence-electron chi connectivity index (χ1n) is 3.92. The average molecular weight is 158 g/mol. The van der Waals surface area contributed by atoms with Crippen LogP contribution in [0.25, 0.3) is 0 Å². The van der Waals surface area contributed by atoms with Gasteiger partial charge in [-0.15, -0.1) is 0 Å². The summed E-state index contributed by atoms with van der Waals surface area (Å²) in [5.74, 6) is 0. The minimum atomic E-state index is -0.697. The van der Waals surface area contributed by atoms with Gasteiger partial charge in [0.15, 0.2) is 0 Å². The highest BCUT2D eigenvalue weighted by atomic mass is 16.2. The zero-order valence-corrected chi connectivity index (χ0v) is 7.18. The Labute approximate surface area is 67.7 Å². The molecule has 0 aromatic heterocycles. The van der Waals surface area contributed by atoms with E-state index in [0.717, 1.165) is 19.6 Å². The monoisotopic (exact) mass is 158 g/mol. The molecule has 0 unspecified atom stereocenters. The minimum Gasteiger partial charge on any atom is -0.335 e. The fraction of sp³-hybridized carbons (Fsp3) is 0.857. The van der Waals surface area contributed by atoms with Crippen molar-refractivity contribution in [3.05, 3.63) is 0 Å². The Balaban J connectivity index is 3.28. The van der Waals surface area contributed by atoms with E-state index in [2.05, 4.69) is 24.1 Å². The Morgan fingerprint density at radius 1 is 1.45 bits per heavy atom. The summed E-state index contributed by atoms with van der Waals surface area (Å²) in [6.07, 6.45) is 0. The third kappa shape index (κ3) is 5.66. The molecule has 0 spiro atoms. The van der Waals surface area contributed by atoms with Gasteiger partial charge in [-0.05, 0) is 13.1 Å². The van der Waals surface area contributed by atoms with Gasteiger partial charge in [-0.2, -0.15) is 0 Å². The number of urea groups is 1. The normalized spacial score (nSPS) is 10.1. The van der Waals surface area contributed by atoms with Crippen LogP contribution in [0.3, 0.4) is 0 Å². The molecule has 65 valence electrons. The lowest BCUT2D eigenvalue weighted by Crippen LogP contribution is -2.34. The predicted molar refractivity (Wildman–Crippen MR) is 44.3 cm³/mol. The molecule has 2 N–H and O–H groups in total. The standard InChI is InChI=1S/C7H16N3O/c1-3-10(4-2)6-5-9-7(8)11/h8H,3-6H2,1-2H3,(H,9,11). The van der Waals surface area contributed by atoms with E-state index in [1.165, 1.54) is 0 Å². The molecule has 0 aliphatic rings. The summed E-state index contributed by atoms with van der Waals surface area (Å²) in [7, 11) is 0. The van der Waals surface area contributed by atoms with E-state index in [0.29, 0.717) is 6.54 Å². The van der Waals surface area contributed by atoms with Gasteiger partial charge in [-0.25, -0.2) is 10.5 Å². The third-order valence-electron chi connectivity index (χ3n) is 1.61. The van der Waals surface area contributed by atoms with E-state index in [1.54, 1.807) is 0 Å². The smallest absolute Gasteiger partial charge is 0.333 e. The van der Waals surface area contributed by atoms with E-state index in [4.69, 9.17) is 5.73 Å². The summed E-state index contributed by atoms with van der Waals surface area (Å²) < 4.78 is 0. The first-order valence-corrected chi connectivity index (χ1v) is 3.92. The molecule has 0 aliphatic carbocycles. The Bertz CT molecular complexity index is 112. The van der Waals surface area contributed by atoms with Gasteiger partial charge in [0.05, 0.1) is 0 Å². The molecule has 0 saturated heterocycles. The van der Waals surface area contributed by atoms with E-state index in [9.17, 15) is 4.79 Å². The summed E-state index contributed by atoms with van der Waals surface area (Å²) >= 11 is 0. The highest BCUT2D eigenvalue weighted by Gasteiger charge is 1.98. The molecular formula is C7H16N3O. The first-order chi connectivity index (χ1) is 5.20. The maximum Gasteiger partial charge on any atom is 0.333 e. The number of nitrogens with zero attached hydrogens (tertiary/aromatic N) is 1. The number of carbonyl (C=O) groups is 1. The van der Waals surface area contributed by atoms with Crippen LogP contribution in [0.5, 0.6) is 0 Å². The minimum absolute atomic E-state index is 0.573. The van der Waals surface area contributed by atoms with Gasteiger partial charge in [0.2, 0.25) is 0 Å². The van der Waals surface area contributed by atoms with Gasteiger partial charge >= 0.3 is 6.03 Å². The van der Waals surface area contributed by atoms with Crippen LogP contribution in [0.1, 0.15) is 13.8 Å². The lowest BCUT2D eigenvalue weighted by molar-refractivity contribution is 0.243. The van der Waals surface area contributed by atoms with Gasteiger partial charge in [-0.1, -0.05) is 13.8 Å². The number of nitrogens with one attached hydrogen (secondary N) is 2. The lowest BCUT2D eigenvalue weighted by atomic mass is 10.5. The number of hydrogen-bond donors (Lipinski definition) is 1. The molecule has 0 fully saturated rings. The molecule has 0 aromatic carbocycles. The fourth-order valence-corrected chi connectivity index (χ4v) is 0.867. The number of likely N-dealkylation sites (N-methyl/N-ethyl adjacent to an activating group) is 1. The van der Waals surface area contributed by atoms with Crippen molar-refractivity contribution in [3.8, 4) is 0 Å². The van der Waals surface area contributed by atoms with Crippen LogP contribution in [0.15, 0.2) is 0 Å². The summed E-state index contributed by atoms with van der Waals surface area (Å²) in [5.41, 5.74) is 6.57. The molecule has 1 radical (unpaired) electrons. The largest absolute Gasteiger partial charge is 0.335 e. The van der Waals surface area contributed by atoms with Crippen LogP contribution in [-0.2, 0) is 0 Å². The van der Waals surface area contributed by atoms with Crippen molar-refractivity contribution in [2.24, 2.45) is 0 Å².